The second-order valence-electron chi connectivity index (χ2n) is 7.86. The number of carbonyl (C=O) groups is 2. The van der Waals surface area contributed by atoms with E-state index >= 15 is 0 Å². The lowest BCUT2D eigenvalue weighted by Gasteiger charge is -2.19. The van der Waals surface area contributed by atoms with Gasteiger partial charge in [-0.05, 0) is 43.4 Å². The predicted octanol–water partition coefficient (Wildman–Crippen LogP) is 2.62. The molecule has 1 aliphatic heterocycles. The zero-order chi connectivity index (χ0) is 20.3. The van der Waals surface area contributed by atoms with E-state index in [0.29, 0.717) is 30.7 Å². The average molecular weight is 387 g/mol. The maximum Gasteiger partial charge on any atom is 0.262 e. The molecule has 2 aromatic carbocycles. The number of phenolic OH excluding ortho intramolecular Hbond substituents is 1. The zero-order valence-electron chi connectivity index (χ0n) is 16.3. The number of benzene rings is 2. The van der Waals surface area contributed by atoms with E-state index in [2.05, 4.69) is 4.98 Å². The Balaban J connectivity index is 1.78. The van der Waals surface area contributed by atoms with Crippen molar-refractivity contribution in [1.29, 1.82) is 0 Å². The summed E-state index contributed by atoms with van der Waals surface area (Å²) in [7, 11) is 3.83. The first-order valence-corrected chi connectivity index (χ1v) is 9.63. The molecule has 2 heterocycles. The van der Waals surface area contributed by atoms with Crippen molar-refractivity contribution in [1.82, 2.24) is 14.8 Å². The minimum atomic E-state index is -0.269. The minimum absolute atomic E-state index is 0.129. The van der Waals surface area contributed by atoms with Gasteiger partial charge in [-0.1, -0.05) is 24.3 Å². The number of imide groups is 1. The third-order valence-electron chi connectivity index (χ3n) is 5.70. The van der Waals surface area contributed by atoms with Crippen LogP contribution in [0.15, 0.2) is 42.5 Å². The molecule has 2 amide bonds. The number of H-pyrrole nitrogens is 1. The number of phenols is 1. The lowest BCUT2D eigenvalue weighted by molar-refractivity contribution is -0.136. The number of amides is 2. The zero-order valence-corrected chi connectivity index (χ0v) is 16.3. The van der Waals surface area contributed by atoms with E-state index in [9.17, 15) is 14.7 Å². The van der Waals surface area contributed by atoms with Crippen LogP contribution in [0, 0.1) is 0 Å². The minimum Gasteiger partial charge on any atom is -0.508 e. The number of aromatic amines is 1. The summed E-state index contributed by atoms with van der Waals surface area (Å²) >= 11 is 0. The van der Waals surface area contributed by atoms with Gasteiger partial charge in [0, 0.05) is 41.7 Å². The monoisotopic (exact) mass is 387 g/mol. The van der Waals surface area contributed by atoms with E-state index in [4.69, 9.17) is 0 Å². The summed E-state index contributed by atoms with van der Waals surface area (Å²) in [5.74, 6) is -0.389. The van der Waals surface area contributed by atoms with E-state index in [0.717, 1.165) is 33.3 Å². The maximum atomic E-state index is 13.5. The van der Waals surface area contributed by atoms with Crippen molar-refractivity contribution in [2.24, 2.45) is 0 Å². The fraction of sp³-hybridized carbons (Fsp3) is 0.217. The van der Waals surface area contributed by atoms with Crippen LogP contribution in [-0.4, -0.2) is 58.9 Å². The molecule has 0 saturated heterocycles. The van der Waals surface area contributed by atoms with Gasteiger partial charge in [0.15, 0.2) is 0 Å². The molecule has 0 spiro atoms. The summed E-state index contributed by atoms with van der Waals surface area (Å²) in [5.41, 5.74) is 5.17. The van der Waals surface area contributed by atoms with Crippen LogP contribution in [0.1, 0.15) is 22.4 Å². The second-order valence-corrected chi connectivity index (χ2v) is 7.86. The normalized spacial score (nSPS) is 15.8. The fourth-order valence-corrected chi connectivity index (χ4v) is 4.32. The smallest absolute Gasteiger partial charge is 0.262 e. The number of aromatic hydroxyl groups is 1. The Labute approximate surface area is 168 Å². The van der Waals surface area contributed by atoms with Crippen molar-refractivity contribution >= 4 is 33.9 Å². The van der Waals surface area contributed by atoms with Crippen LogP contribution in [0.25, 0.3) is 22.0 Å². The van der Waals surface area contributed by atoms with Crippen LogP contribution in [0.2, 0.25) is 0 Å². The highest BCUT2D eigenvalue weighted by atomic mass is 16.3. The van der Waals surface area contributed by atoms with E-state index in [1.165, 1.54) is 4.90 Å². The number of aromatic nitrogens is 1. The van der Waals surface area contributed by atoms with Crippen molar-refractivity contribution in [2.75, 3.05) is 27.2 Å². The molecule has 0 radical (unpaired) electrons. The van der Waals surface area contributed by atoms with Gasteiger partial charge in [0.05, 0.1) is 11.1 Å². The topological polar surface area (TPSA) is 76.6 Å². The van der Waals surface area contributed by atoms with Crippen molar-refractivity contribution in [3.8, 4) is 5.75 Å². The number of nitrogens with zero attached hydrogens (tertiary/aromatic N) is 2. The molecule has 6 heteroatoms. The highest BCUT2D eigenvalue weighted by Crippen LogP contribution is 2.44. The number of nitrogens with one attached hydrogen (secondary N) is 1. The van der Waals surface area contributed by atoms with Gasteiger partial charge in [-0.2, -0.15) is 0 Å². The molecule has 1 aliphatic carbocycles. The van der Waals surface area contributed by atoms with Gasteiger partial charge in [0.2, 0.25) is 0 Å². The molecular weight excluding hydrogens is 366 g/mol. The van der Waals surface area contributed by atoms with Crippen molar-refractivity contribution in [2.45, 2.75) is 6.42 Å². The molecule has 0 bridgehead atoms. The van der Waals surface area contributed by atoms with Crippen molar-refractivity contribution < 1.29 is 14.7 Å². The van der Waals surface area contributed by atoms with E-state index < -0.39 is 0 Å². The molecule has 2 aliphatic rings. The average Bonchev–Trinajstić information content (AvgIpc) is 3.08. The molecular formula is C23H21N3O3. The molecule has 29 heavy (non-hydrogen) atoms. The Bertz CT molecular complexity index is 1220. The van der Waals surface area contributed by atoms with Crippen molar-refractivity contribution in [3.63, 3.8) is 0 Å². The molecule has 146 valence electrons. The summed E-state index contributed by atoms with van der Waals surface area (Å²) in [6.45, 7) is 0.935. The molecule has 0 saturated carbocycles. The quantitative estimate of drug-likeness (QED) is 0.678. The van der Waals surface area contributed by atoms with E-state index in [1.54, 1.807) is 18.2 Å². The molecule has 2 N–H and O–H groups in total. The Morgan fingerprint density at radius 2 is 1.83 bits per heavy atom. The van der Waals surface area contributed by atoms with Gasteiger partial charge in [-0.3, -0.25) is 14.5 Å². The van der Waals surface area contributed by atoms with Gasteiger partial charge >= 0.3 is 0 Å². The van der Waals surface area contributed by atoms with Crippen LogP contribution >= 0.6 is 0 Å². The third-order valence-corrected chi connectivity index (χ3v) is 5.70. The molecule has 0 unspecified atom stereocenters. The highest BCUT2D eigenvalue weighted by molar-refractivity contribution is 6.50. The largest absolute Gasteiger partial charge is 0.508 e. The molecule has 0 atom stereocenters. The van der Waals surface area contributed by atoms with Crippen LogP contribution in [0.4, 0.5) is 0 Å². The van der Waals surface area contributed by atoms with Gasteiger partial charge in [0.1, 0.15) is 5.75 Å². The lowest BCUT2D eigenvalue weighted by Crippen LogP contribution is -2.37. The van der Waals surface area contributed by atoms with Gasteiger partial charge < -0.3 is 15.0 Å². The Hall–Kier alpha value is -3.38. The Morgan fingerprint density at radius 1 is 1.07 bits per heavy atom. The summed E-state index contributed by atoms with van der Waals surface area (Å²) in [5, 5.41) is 10.8. The number of fused-ring (bicyclic) bond motifs is 6. The van der Waals surface area contributed by atoms with Crippen LogP contribution in [0.3, 0.4) is 0 Å². The lowest BCUT2D eigenvalue weighted by atomic mass is 9.95. The first-order valence-electron chi connectivity index (χ1n) is 9.63. The predicted molar refractivity (Wildman–Crippen MR) is 111 cm³/mol. The summed E-state index contributed by atoms with van der Waals surface area (Å²) in [6.07, 6.45) is 0.589. The standard InChI is InChI=1S/C23H21N3O3/c1-25(2)9-10-26-22(28)20-15-6-4-3-5-13(15)11-18-19(21(20)23(26)29)16-12-14(27)7-8-17(16)24-18/h3-8,12,24,27H,9-11H2,1-2H3. The van der Waals surface area contributed by atoms with Crippen LogP contribution < -0.4 is 0 Å². The van der Waals surface area contributed by atoms with Gasteiger partial charge in [-0.15, -0.1) is 0 Å². The molecule has 3 aromatic rings. The maximum absolute atomic E-state index is 13.5. The molecule has 0 fully saturated rings. The number of carbonyl (C=O) groups excluding carboxylic acids is 2. The van der Waals surface area contributed by atoms with Gasteiger partial charge in [-0.25, -0.2) is 0 Å². The number of likely N-dealkylation sites (N-methyl/N-ethyl adjacent to an activating group) is 1. The highest BCUT2D eigenvalue weighted by Gasteiger charge is 2.43. The SMILES string of the molecule is CN(C)CCN1C(=O)C2=C(C1=O)c1c([nH]c3ccc(O)cc13)Cc1ccccc12. The summed E-state index contributed by atoms with van der Waals surface area (Å²) in [6, 6.07) is 12.8. The first kappa shape index (κ1) is 17.7. The third kappa shape index (κ3) is 2.60. The van der Waals surface area contributed by atoms with Gasteiger partial charge in [0.25, 0.3) is 11.8 Å². The molecule has 5 rings (SSSR count). The van der Waals surface area contributed by atoms with E-state index in [1.807, 2.05) is 43.3 Å². The number of rotatable bonds is 3. The first-order chi connectivity index (χ1) is 14.0. The fourth-order valence-electron chi connectivity index (χ4n) is 4.32. The summed E-state index contributed by atoms with van der Waals surface area (Å²) < 4.78 is 0. The Kier molecular flexibility index (Phi) is 3.86. The van der Waals surface area contributed by atoms with Crippen LogP contribution in [0.5, 0.6) is 5.75 Å². The van der Waals surface area contributed by atoms with Crippen LogP contribution in [-0.2, 0) is 16.0 Å². The van der Waals surface area contributed by atoms with E-state index in [-0.39, 0.29) is 17.6 Å². The number of hydrogen-bond acceptors (Lipinski definition) is 4. The second kappa shape index (κ2) is 6.32. The molecule has 6 nitrogen and oxygen atoms in total. The van der Waals surface area contributed by atoms with Crippen molar-refractivity contribution in [3.05, 3.63) is 64.8 Å². The Morgan fingerprint density at radius 3 is 2.62 bits per heavy atom. The summed E-state index contributed by atoms with van der Waals surface area (Å²) in [4.78, 5) is 33.5. The number of hydrogen-bond donors (Lipinski definition) is 2. The molecule has 1 aromatic heterocycles.